The molecule has 2 rings (SSSR count). The highest BCUT2D eigenvalue weighted by Crippen LogP contribution is 2.39. The van der Waals surface area contributed by atoms with Crippen LogP contribution in [-0.4, -0.2) is 18.1 Å². The van der Waals surface area contributed by atoms with Gasteiger partial charge in [-0.1, -0.05) is 26.2 Å². The fourth-order valence-corrected chi connectivity index (χ4v) is 3.70. The second-order valence-corrected chi connectivity index (χ2v) is 6.32. The van der Waals surface area contributed by atoms with Crippen LogP contribution in [0.15, 0.2) is 11.6 Å². The van der Waals surface area contributed by atoms with Gasteiger partial charge in [-0.15, -0.1) is 11.3 Å². The molecule has 0 atom stereocenters. The van der Waals surface area contributed by atoms with Crippen LogP contribution < -0.4 is 5.32 Å². The molecule has 1 aliphatic rings. The normalized spacial score (nSPS) is 19.4. The predicted molar refractivity (Wildman–Crippen MR) is 74.5 cm³/mol. The van der Waals surface area contributed by atoms with Gasteiger partial charge >= 0.3 is 0 Å². The van der Waals surface area contributed by atoms with Gasteiger partial charge in [0, 0.05) is 24.5 Å². The second-order valence-electron chi connectivity index (χ2n) is 5.34. The molecule has 1 aliphatic carbocycles. The van der Waals surface area contributed by atoms with Gasteiger partial charge in [0.05, 0.1) is 5.01 Å². The second kappa shape index (κ2) is 6.50. The van der Waals surface area contributed by atoms with E-state index in [0.29, 0.717) is 5.41 Å². The summed E-state index contributed by atoms with van der Waals surface area (Å²) in [4.78, 5) is 4.47. The van der Waals surface area contributed by atoms with Gasteiger partial charge in [0.15, 0.2) is 0 Å². The Kier molecular flexibility index (Phi) is 4.99. The van der Waals surface area contributed by atoms with E-state index in [-0.39, 0.29) is 0 Å². The van der Waals surface area contributed by atoms with E-state index in [4.69, 9.17) is 0 Å². The van der Waals surface area contributed by atoms with Gasteiger partial charge in [0.25, 0.3) is 0 Å². The maximum atomic E-state index is 4.47. The summed E-state index contributed by atoms with van der Waals surface area (Å²) in [6, 6.07) is 0. The first kappa shape index (κ1) is 13.0. The molecule has 1 N–H and O–H groups in total. The van der Waals surface area contributed by atoms with Crippen molar-refractivity contribution >= 4 is 11.3 Å². The van der Waals surface area contributed by atoms with Crippen LogP contribution in [0.4, 0.5) is 0 Å². The highest BCUT2D eigenvalue weighted by molar-refractivity contribution is 7.09. The molecule has 0 bridgehead atoms. The molecule has 0 unspecified atom stereocenters. The number of thiazole rings is 1. The number of aromatic nitrogens is 1. The third-order valence-electron chi connectivity index (χ3n) is 3.85. The van der Waals surface area contributed by atoms with E-state index in [1.54, 1.807) is 0 Å². The van der Waals surface area contributed by atoms with Crippen LogP contribution in [-0.2, 0) is 6.42 Å². The van der Waals surface area contributed by atoms with Crippen molar-refractivity contribution in [1.82, 2.24) is 10.3 Å². The number of nitrogens with zero attached hydrogens (tertiary/aromatic N) is 1. The minimum Gasteiger partial charge on any atom is -0.316 e. The zero-order valence-electron chi connectivity index (χ0n) is 10.9. The van der Waals surface area contributed by atoms with E-state index in [2.05, 4.69) is 22.6 Å². The largest absolute Gasteiger partial charge is 0.316 e. The van der Waals surface area contributed by atoms with E-state index in [9.17, 15) is 0 Å². The Labute approximate surface area is 109 Å². The van der Waals surface area contributed by atoms with Crippen molar-refractivity contribution in [2.75, 3.05) is 13.1 Å². The van der Waals surface area contributed by atoms with Crippen molar-refractivity contribution in [2.24, 2.45) is 5.41 Å². The molecule has 0 aliphatic heterocycles. The summed E-state index contributed by atoms with van der Waals surface area (Å²) in [5, 5.41) is 7.06. The SMILES string of the molecule is CCCNCC1(Cc2nccs2)CCCCC1. The monoisotopic (exact) mass is 252 g/mol. The lowest BCUT2D eigenvalue weighted by Crippen LogP contribution is -2.38. The fraction of sp³-hybridized carbons (Fsp3) is 0.786. The Morgan fingerprint density at radius 3 is 2.82 bits per heavy atom. The lowest BCUT2D eigenvalue weighted by molar-refractivity contribution is 0.181. The average molecular weight is 252 g/mol. The summed E-state index contributed by atoms with van der Waals surface area (Å²) in [6.45, 7) is 4.57. The third-order valence-corrected chi connectivity index (χ3v) is 4.63. The van der Waals surface area contributed by atoms with E-state index < -0.39 is 0 Å². The summed E-state index contributed by atoms with van der Waals surface area (Å²) >= 11 is 1.82. The van der Waals surface area contributed by atoms with E-state index in [1.807, 2.05) is 17.5 Å². The summed E-state index contributed by atoms with van der Waals surface area (Å²) in [6.07, 6.45) is 11.3. The van der Waals surface area contributed by atoms with Crippen molar-refractivity contribution < 1.29 is 0 Å². The first-order valence-corrected chi connectivity index (χ1v) is 7.82. The van der Waals surface area contributed by atoms with Gasteiger partial charge in [0.2, 0.25) is 0 Å². The predicted octanol–water partition coefficient (Wildman–Crippen LogP) is 3.64. The van der Waals surface area contributed by atoms with E-state index in [1.165, 1.54) is 56.5 Å². The molecule has 0 saturated heterocycles. The molecule has 0 aromatic carbocycles. The molecule has 1 aromatic heterocycles. The molecule has 0 radical (unpaired) electrons. The Hall–Kier alpha value is -0.410. The molecule has 96 valence electrons. The summed E-state index contributed by atoms with van der Waals surface area (Å²) in [5.41, 5.74) is 0.491. The molecule has 1 heterocycles. The van der Waals surface area contributed by atoms with Crippen molar-refractivity contribution in [2.45, 2.75) is 51.9 Å². The Balaban J connectivity index is 1.95. The van der Waals surface area contributed by atoms with Gasteiger partial charge in [-0.2, -0.15) is 0 Å². The van der Waals surface area contributed by atoms with E-state index in [0.717, 1.165) is 6.54 Å². The summed E-state index contributed by atoms with van der Waals surface area (Å²) < 4.78 is 0. The molecule has 0 spiro atoms. The van der Waals surface area contributed by atoms with Crippen LogP contribution in [0.1, 0.15) is 50.5 Å². The van der Waals surface area contributed by atoms with Crippen LogP contribution >= 0.6 is 11.3 Å². The molecule has 0 amide bonds. The molecule has 1 saturated carbocycles. The maximum absolute atomic E-state index is 4.47. The minimum absolute atomic E-state index is 0.491. The van der Waals surface area contributed by atoms with Crippen LogP contribution in [0.25, 0.3) is 0 Å². The van der Waals surface area contributed by atoms with Gasteiger partial charge < -0.3 is 5.32 Å². The standard InChI is InChI=1S/C14H24N2S/c1-2-8-15-12-14(6-4-3-5-7-14)11-13-16-9-10-17-13/h9-10,15H,2-8,11-12H2,1H3. The smallest absolute Gasteiger partial charge is 0.0930 e. The molecule has 2 nitrogen and oxygen atoms in total. The number of hydrogen-bond donors (Lipinski definition) is 1. The fourth-order valence-electron chi connectivity index (χ4n) is 2.91. The maximum Gasteiger partial charge on any atom is 0.0930 e. The quantitative estimate of drug-likeness (QED) is 0.782. The minimum atomic E-state index is 0.491. The molecular formula is C14H24N2S. The van der Waals surface area contributed by atoms with Crippen LogP contribution in [0.3, 0.4) is 0 Å². The van der Waals surface area contributed by atoms with Gasteiger partial charge in [-0.25, -0.2) is 4.98 Å². The number of rotatable bonds is 6. The number of nitrogens with one attached hydrogen (secondary N) is 1. The van der Waals surface area contributed by atoms with E-state index >= 15 is 0 Å². The summed E-state index contributed by atoms with van der Waals surface area (Å²) in [7, 11) is 0. The van der Waals surface area contributed by atoms with Crippen LogP contribution in [0.2, 0.25) is 0 Å². The van der Waals surface area contributed by atoms with Crippen LogP contribution in [0.5, 0.6) is 0 Å². The topological polar surface area (TPSA) is 24.9 Å². The highest BCUT2D eigenvalue weighted by atomic mass is 32.1. The first-order chi connectivity index (χ1) is 8.35. The Bertz CT molecular complexity index is 302. The van der Waals surface area contributed by atoms with Gasteiger partial charge in [-0.3, -0.25) is 0 Å². The zero-order chi connectivity index (χ0) is 12.0. The molecule has 1 fully saturated rings. The van der Waals surface area contributed by atoms with Crippen molar-refractivity contribution in [3.63, 3.8) is 0 Å². The number of hydrogen-bond acceptors (Lipinski definition) is 3. The Morgan fingerprint density at radius 1 is 1.35 bits per heavy atom. The molecule has 17 heavy (non-hydrogen) atoms. The summed E-state index contributed by atoms with van der Waals surface area (Å²) in [5.74, 6) is 0. The molecular weight excluding hydrogens is 228 g/mol. The lowest BCUT2D eigenvalue weighted by atomic mass is 9.72. The Morgan fingerprint density at radius 2 is 2.18 bits per heavy atom. The third kappa shape index (κ3) is 3.78. The van der Waals surface area contributed by atoms with Gasteiger partial charge in [0.1, 0.15) is 0 Å². The highest BCUT2D eigenvalue weighted by Gasteiger charge is 2.32. The van der Waals surface area contributed by atoms with Crippen molar-refractivity contribution in [3.8, 4) is 0 Å². The van der Waals surface area contributed by atoms with Gasteiger partial charge in [-0.05, 0) is 31.2 Å². The van der Waals surface area contributed by atoms with Crippen LogP contribution in [0, 0.1) is 5.41 Å². The van der Waals surface area contributed by atoms with Crippen molar-refractivity contribution in [1.29, 1.82) is 0 Å². The first-order valence-electron chi connectivity index (χ1n) is 6.94. The van der Waals surface area contributed by atoms with Crippen molar-refractivity contribution in [3.05, 3.63) is 16.6 Å². The average Bonchev–Trinajstić information content (AvgIpc) is 2.83. The lowest BCUT2D eigenvalue weighted by Gasteiger charge is -2.37. The zero-order valence-corrected chi connectivity index (χ0v) is 11.7. The molecule has 3 heteroatoms. The molecule has 1 aromatic rings.